The van der Waals surface area contributed by atoms with E-state index in [1.807, 2.05) is 36.4 Å². The summed E-state index contributed by atoms with van der Waals surface area (Å²) in [5.41, 5.74) is 1.90. The summed E-state index contributed by atoms with van der Waals surface area (Å²) in [6.45, 7) is 1.23. The lowest BCUT2D eigenvalue weighted by Crippen LogP contribution is -2.20. The summed E-state index contributed by atoms with van der Waals surface area (Å²) in [5, 5.41) is 2.89. The molecule has 4 heteroatoms. The molecule has 0 unspecified atom stereocenters. The Morgan fingerprint density at radius 3 is 2.91 bits per heavy atom. The van der Waals surface area contributed by atoms with Crippen molar-refractivity contribution in [3.8, 4) is 5.75 Å². The summed E-state index contributed by atoms with van der Waals surface area (Å²) in [7, 11) is 0. The second-order valence-corrected chi connectivity index (χ2v) is 5.70. The molecular weight excluding hydrogens is 288 g/mol. The second kappa shape index (κ2) is 7.58. The minimum atomic E-state index is -0.133. The van der Waals surface area contributed by atoms with E-state index in [2.05, 4.69) is 10.3 Å². The third-order valence-electron chi connectivity index (χ3n) is 3.71. The van der Waals surface area contributed by atoms with E-state index in [0.717, 1.165) is 23.5 Å². The molecule has 1 fully saturated rings. The largest absolute Gasteiger partial charge is 0.493 e. The van der Waals surface area contributed by atoms with Crippen LogP contribution in [0.1, 0.15) is 24.0 Å². The van der Waals surface area contributed by atoms with Gasteiger partial charge in [-0.25, -0.2) is 0 Å². The number of carbonyl (C=O) groups excluding carboxylic acids is 1. The van der Waals surface area contributed by atoms with Crippen LogP contribution in [0, 0.1) is 5.92 Å². The zero-order valence-corrected chi connectivity index (χ0v) is 12.9. The van der Waals surface area contributed by atoms with E-state index in [9.17, 15) is 4.79 Å². The number of para-hydroxylation sites is 1. The molecule has 1 aromatic carbocycles. The number of amides is 1. The summed E-state index contributed by atoms with van der Waals surface area (Å²) in [4.78, 5) is 15.9. The average molecular weight is 308 g/mol. The first kappa shape index (κ1) is 15.3. The van der Waals surface area contributed by atoms with Crippen molar-refractivity contribution in [2.24, 2.45) is 5.92 Å². The minimum Gasteiger partial charge on any atom is -0.493 e. The van der Waals surface area contributed by atoms with Crippen molar-refractivity contribution >= 4 is 12.0 Å². The smallest absolute Gasteiger partial charge is 0.244 e. The van der Waals surface area contributed by atoms with Crippen LogP contribution in [0.2, 0.25) is 0 Å². The minimum absolute atomic E-state index is 0.133. The van der Waals surface area contributed by atoms with Crippen LogP contribution >= 0.6 is 0 Å². The van der Waals surface area contributed by atoms with Gasteiger partial charge in [0.1, 0.15) is 5.75 Å². The van der Waals surface area contributed by atoms with Crippen molar-refractivity contribution in [2.75, 3.05) is 6.61 Å². The van der Waals surface area contributed by atoms with Crippen LogP contribution in [0.3, 0.4) is 0 Å². The number of nitrogens with one attached hydrogen (secondary N) is 1. The van der Waals surface area contributed by atoms with Crippen molar-refractivity contribution in [1.29, 1.82) is 0 Å². The fourth-order valence-electron chi connectivity index (χ4n) is 2.17. The maximum absolute atomic E-state index is 11.9. The van der Waals surface area contributed by atoms with Gasteiger partial charge in [0.25, 0.3) is 0 Å². The van der Waals surface area contributed by atoms with Gasteiger partial charge in [-0.3, -0.25) is 9.78 Å². The molecule has 1 saturated carbocycles. The van der Waals surface area contributed by atoms with Crippen LogP contribution in [0.25, 0.3) is 6.08 Å². The number of rotatable bonds is 7. The van der Waals surface area contributed by atoms with Gasteiger partial charge in [0.05, 0.1) is 6.61 Å². The quantitative estimate of drug-likeness (QED) is 0.799. The first-order valence-corrected chi connectivity index (χ1v) is 7.88. The molecule has 4 nitrogen and oxygen atoms in total. The van der Waals surface area contributed by atoms with E-state index in [0.29, 0.717) is 12.5 Å². The molecule has 1 aliphatic carbocycles. The molecule has 0 aliphatic heterocycles. The Morgan fingerprint density at radius 1 is 1.26 bits per heavy atom. The van der Waals surface area contributed by atoms with Gasteiger partial charge < -0.3 is 10.1 Å². The lowest BCUT2D eigenvalue weighted by molar-refractivity contribution is -0.116. The van der Waals surface area contributed by atoms with Crippen LogP contribution in [-0.4, -0.2) is 17.5 Å². The van der Waals surface area contributed by atoms with E-state index in [1.165, 1.54) is 18.9 Å². The van der Waals surface area contributed by atoms with Crippen LogP contribution < -0.4 is 10.1 Å². The predicted molar refractivity (Wildman–Crippen MR) is 89.8 cm³/mol. The number of benzene rings is 1. The summed E-state index contributed by atoms with van der Waals surface area (Å²) >= 11 is 0. The zero-order valence-electron chi connectivity index (χ0n) is 12.9. The van der Waals surface area contributed by atoms with E-state index >= 15 is 0 Å². The van der Waals surface area contributed by atoms with E-state index < -0.39 is 0 Å². The van der Waals surface area contributed by atoms with Crippen molar-refractivity contribution in [3.63, 3.8) is 0 Å². The lowest BCUT2D eigenvalue weighted by Gasteiger charge is -2.11. The van der Waals surface area contributed by atoms with Crippen LogP contribution in [0.5, 0.6) is 5.75 Å². The Hall–Kier alpha value is -2.62. The highest BCUT2D eigenvalue weighted by Gasteiger charge is 2.22. The molecule has 1 aromatic heterocycles. The molecule has 0 atom stereocenters. The highest BCUT2D eigenvalue weighted by molar-refractivity contribution is 5.91. The Balaban J connectivity index is 1.53. The number of ether oxygens (including phenoxy) is 1. The molecule has 0 radical (unpaired) electrons. The predicted octanol–water partition coefficient (Wildman–Crippen LogP) is 3.20. The summed E-state index contributed by atoms with van der Waals surface area (Å²) in [6, 6.07) is 11.6. The van der Waals surface area contributed by atoms with Crippen LogP contribution in [-0.2, 0) is 11.3 Å². The molecule has 1 aliphatic rings. The molecule has 118 valence electrons. The molecule has 1 amide bonds. The zero-order chi connectivity index (χ0) is 15.9. The van der Waals surface area contributed by atoms with Gasteiger partial charge in [0.15, 0.2) is 0 Å². The first-order valence-electron chi connectivity index (χ1n) is 7.88. The molecule has 3 rings (SSSR count). The molecule has 0 saturated heterocycles. The first-order chi connectivity index (χ1) is 11.3. The topological polar surface area (TPSA) is 51.2 Å². The Labute approximate surface area is 136 Å². The SMILES string of the molecule is O=C(C=Cc1cccnc1)NCc1ccccc1OCC1CC1. The Morgan fingerprint density at radius 2 is 2.13 bits per heavy atom. The van der Waals surface area contributed by atoms with Crippen molar-refractivity contribution < 1.29 is 9.53 Å². The highest BCUT2D eigenvalue weighted by atomic mass is 16.5. The molecule has 0 bridgehead atoms. The fourth-order valence-corrected chi connectivity index (χ4v) is 2.17. The van der Waals surface area contributed by atoms with Crippen molar-refractivity contribution in [3.05, 3.63) is 66.0 Å². The fraction of sp³-hybridized carbons (Fsp3) is 0.263. The third-order valence-corrected chi connectivity index (χ3v) is 3.71. The molecular formula is C19H20N2O2. The second-order valence-electron chi connectivity index (χ2n) is 5.70. The Kier molecular flexibility index (Phi) is 5.04. The number of hydrogen-bond donors (Lipinski definition) is 1. The van der Waals surface area contributed by atoms with E-state index in [4.69, 9.17) is 4.74 Å². The summed E-state index contributed by atoms with van der Waals surface area (Å²) in [6.07, 6.45) is 9.21. The van der Waals surface area contributed by atoms with Gasteiger partial charge in [-0.1, -0.05) is 24.3 Å². The normalized spacial score (nSPS) is 13.9. The lowest BCUT2D eigenvalue weighted by atomic mass is 10.2. The molecule has 1 heterocycles. The van der Waals surface area contributed by atoms with Gasteiger partial charge >= 0.3 is 0 Å². The third kappa shape index (κ3) is 4.95. The average Bonchev–Trinajstić information content (AvgIpc) is 3.42. The number of nitrogens with zero attached hydrogens (tertiary/aromatic N) is 1. The van der Waals surface area contributed by atoms with Gasteiger partial charge in [-0.2, -0.15) is 0 Å². The molecule has 2 aromatic rings. The highest BCUT2D eigenvalue weighted by Crippen LogP contribution is 2.30. The van der Waals surface area contributed by atoms with E-state index in [-0.39, 0.29) is 5.91 Å². The van der Waals surface area contributed by atoms with Gasteiger partial charge in [0, 0.05) is 30.6 Å². The van der Waals surface area contributed by atoms with Gasteiger partial charge in [-0.15, -0.1) is 0 Å². The monoisotopic (exact) mass is 308 g/mol. The maximum atomic E-state index is 11.9. The van der Waals surface area contributed by atoms with E-state index in [1.54, 1.807) is 18.5 Å². The summed E-state index contributed by atoms with van der Waals surface area (Å²) < 4.78 is 5.85. The van der Waals surface area contributed by atoms with Crippen LogP contribution in [0.15, 0.2) is 54.9 Å². The van der Waals surface area contributed by atoms with Crippen LogP contribution in [0.4, 0.5) is 0 Å². The molecule has 23 heavy (non-hydrogen) atoms. The van der Waals surface area contributed by atoms with Crippen molar-refractivity contribution in [1.82, 2.24) is 10.3 Å². The molecule has 1 N–H and O–H groups in total. The van der Waals surface area contributed by atoms with Gasteiger partial charge in [0.2, 0.25) is 5.91 Å². The Bertz CT molecular complexity index is 679. The number of hydrogen-bond acceptors (Lipinski definition) is 3. The summed E-state index contributed by atoms with van der Waals surface area (Å²) in [5.74, 6) is 1.43. The van der Waals surface area contributed by atoms with Crippen molar-refractivity contribution in [2.45, 2.75) is 19.4 Å². The number of carbonyl (C=O) groups is 1. The maximum Gasteiger partial charge on any atom is 0.244 e. The number of aromatic nitrogens is 1. The standard InChI is InChI=1S/C19H20N2O2/c22-19(10-9-15-4-3-11-20-12-15)21-13-17-5-1-2-6-18(17)23-14-16-7-8-16/h1-6,9-12,16H,7-8,13-14H2,(H,21,22). The molecule has 0 spiro atoms. The van der Waals surface area contributed by atoms with Gasteiger partial charge in [-0.05, 0) is 42.5 Å². The number of pyridine rings is 1.